The average molecular weight is 243 g/mol. The highest BCUT2D eigenvalue weighted by atomic mass is 14.9. The number of nitrogens with one attached hydrogen (secondary N) is 1. The van der Waals surface area contributed by atoms with Crippen LogP contribution >= 0.6 is 0 Å². The summed E-state index contributed by atoms with van der Waals surface area (Å²) >= 11 is 0. The Morgan fingerprint density at radius 2 is 2.06 bits per heavy atom. The largest absolute Gasteiger partial charge is 0.397 e. The van der Waals surface area contributed by atoms with Gasteiger partial charge in [-0.3, -0.25) is 0 Å². The maximum atomic E-state index is 8.88. The summed E-state index contributed by atoms with van der Waals surface area (Å²) in [6.07, 6.45) is 5.26. The average Bonchev–Trinajstić information content (AvgIpc) is 2.40. The topological polar surface area (TPSA) is 61.8 Å². The Labute approximate surface area is 109 Å². The van der Waals surface area contributed by atoms with Crippen molar-refractivity contribution in [1.82, 2.24) is 0 Å². The lowest BCUT2D eigenvalue weighted by Crippen LogP contribution is -2.20. The van der Waals surface area contributed by atoms with E-state index < -0.39 is 0 Å². The Bertz CT molecular complexity index is 440. The zero-order valence-corrected chi connectivity index (χ0v) is 10.9. The molecular weight excluding hydrogens is 222 g/mol. The molecule has 0 atom stereocenters. The molecular formula is C15H21N3. The highest BCUT2D eigenvalue weighted by molar-refractivity contribution is 5.68. The fourth-order valence-corrected chi connectivity index (χ4v) is 2.57. The predicted molar refractivity (Wildman–Crippen MR) is 75.2 cm³/mol. The zero-order valence-electron chi connectivity index (χ0n) is 10.9. The number of nitrogen functional groups attached to an aromatic ring is 1. The third-order valence-corrected chi connectivity index (χ3v) is 3.90. The SMILES string of the molecule is CC1CCC(CNc2cc(C#N)ccc2N)CC1. The van der Waals surface area contributed by atoms with E-state index >= 15 is 0 Å². The Morgan fingerprint density at radius 3 is 2.72 bits per heavy atom. The molecule has 0 aliphatic heterocycles. The van der Waals surface area contributed by atoms with E-state index in [1.54, 1.807) is 12.1 Å². The number of hydrogen-bond acceptors (Lipinski definition) is 3. The molecule has 0 amide bonds. The van der Waals surface area contributed by atoms with Crippen molar-refractivity contribution in [2.24, 2.45) is 11.8 Å². The Kier molecular flexibility index (Phi) is 4.09. The Hall–Kier alpha value is -1.69. The first kappa shape index (κ1) is 12.8. The normalized spacial score (nSPS) is 23.3. The molecule has 96 valence electrons. The maximum Gasteiger partial charge on any atom is 0.0992 e. The number of hydrogen-bond donors (Lipinski definition) is 2. The van der Waals surface area contributed by atoms with Crippen molar-refractivity contribution in [2.45, 2.75) is 32.6 Å². The third kappa shape index (κ3) is 3.16. The lowest BCUT2D eigenvalue weighted by molar-refractivity contribution is 0.300. The summed E-state index contributed by atoms with van der Waals surface area (Å²) in [5.41, 5.74) is 8.18. The van der Waals surface area contributed by atoms with E-state index in [1.807, 2.05) is 6.07 Å². The van der Waals surface area contributed by atoms with Gasteiger partial charge in [-0.2, -0.15) is 5.26 Å². The second kappa shape index (κ2) is 5.77. The van der Waals surface area contributed by atoms with Crippen molar-refractivity contribution in [3.8, 4) is 6.07 Å². The van der Waals surface area contributed by atoms with Gasteiger partial charge in [-0.25, -0.2) is 0 Å². The van der Waals surface area contributed by atoms with Crippen LogP contribution in [-0.4, -0.2) is 6.54 Å². The van der Waals surface area contributed by atoms with Gasteiger partial charge in [0.1, 0.15) is 0 Å². The van der Waals surface area contributed by atoms with Crippen molar-refractivity contribution in [2.75, 3.05) is 17.6 Å². The van der Waals surface area contributed by atoms with Crippen molar-refractivity contribution in [3.05, 3.63) is 23.8 Å². The lowest BCUT2D eigenvalue weighted by atomic mass is 9.83. The molecule has 3 N–H and O–H groups in total. The van der Waals surface area contributed by atoms with Gasteiger partial charge in [0.2, 0.25) is 0 Å². The molecule has 0 bridgehead atoms. The van der Waals surface area contributed by atoms with Crippen molar-refractivity contribution in [3.63, 3.8) is 0 Å². The summed E-state index contributed by atoms with van der Waals surface area (Å²) in [6, 6.07) is 7.53. The first-order valence-electron chi connectivity index (χ1n) is 6.72. The van der Waals surface area contributed by atoms with Gasteiger partial charge in [-0.05, 0) is 42.9 Å². The minimum absolute atomic E-state index is 0.656. The van der Waals surface area contributed by atoms with Gasteiger partial charge in [0.05, 0.1) is 23.0 Å². The molecule has 18 heavy (non-hydrogen) atoms. The summed E-state index contributed by atoms with van der Waals surface area (Å²) in [5, 5.41) is 12.3. The van der Waals surface area contributed by atoms with Crippen molar-refractivity contribution >= 4 is 11.4 Å². The molecule has 0 radical (unpaired) electrons. The molecule has 1 aliphatic rings. The summed E-state index contributed by atoms with van der Waals surface area (Å²) < 4.78 is 0. The molecule has 3 heteroatoms. The first-order valence-corrected chi connectivity index (χ1v) is 6.72. The first-order chi connectivity index (χ1) is 8.69. The molecule has 0 aromatic heterocycles. The van der Waals surface area contributed by atoms with E-state index in [0.29, 0.717) is 5.56 Å². The zero-order chi connectivity index (χ0) is 13.0. The highest BCUT2D eigenvalue weighted by Crippen LogP contribution is 2.29. The van der Waals surface area contributed by atoms with Crippen LogP contribution in [0.5, 0.6) is 0 Å². The number of nitrogens with two attached hydrogens (primary N) is 1. The van der Waals surface area contributed by atoms with Gasteiger partial charge >= 0.3 is 0 Å². The van der Waals surface area contributed by atoms with Crippen LogP contribution in [0.25, 0.3) is 0 Å². The van der Waals surface area contributed by atoms with Crippen LogP contribution in [0.1, 0.15) is 38.2 Å². The maximum absolute atomic E-state index is 8.88. The predicted octanol–water partition coefficient (Wildman–Crippen LogP) is 3.38. The second-order valence-electron chi connectivity index (χ2n) is 5.42. The minimum atomic E-state index is 0.656. The smallest absolute Gasteiger partial charge is 0.0992 e. The van der Waals surface area contributed by atoms with E-state index in [4.69, 9.17) is 11.0 Å². The van der Waals surface area contributed by atoms with Gasteiger partial charge in [-0.15, -0.1) is 0 Å². The molecule has 0 saturated heterocycles. The standard InChI is InChI=1S/C15H21N3/c1-11-2-4-12(5-3-11)10-18-15-8-13(9-16)6-7-14(15)17/h6-8,11-12,18H,2-5,10,17H2,1H3. The Balaban J connectivity index is 1.92. The van der Waals surface area contributed by atoms with Crippen LogP contribution in [0.3, 0.4) is 0 Å². The summed E-state index contributed by atoms with van der Waals surface area (Å²) in [7, 11) is 0. The van der Waals surface area contributed by atoms with Gasteiger partial charge in [-0.1, -0.05) is 19.8 Å². The highest BCUT2D eigenvalue weighted by Gasteiger charge is 2.18. The molecule has 0 heterocycles. The van der Waals surface area contributed by atoms with Gasteiger partial charge in [0.25, 0.3) is 0 Å². The Morgan fingerprint density at radius 1 is 1.33 bits per heavy atom. The third-order valence-electron chi connectivity index (χ3n) is 3.90. The van der Waals surface area contributed by atoms with E-state index in [2.05, 4.69) is 18.3 Å². The number of benzene rings is 1. The lowest BCUT2D eigenvalue weighted by Gasteiger charge is -2.26. The van der Waals surface area contributed by atoms with Crippen LogP contribution < -0.4 is 11.1 Å². The summed E-state index contributed by atoms with van der Waals surface area (Å²) in [5.74, 6) is 1.62. The number of rotatable bonds is 3. The number of anilines is 2. The summed E-state index contributed by atoms with van der Waals surface area (Å²) in [4.78, 5) is 0. The quantitative estimate of drug-likeness (QED) is 0.800. The molecule has 3 nitrogen and oxygen atoms in total. The number of nitrogens with zero attached hydrogens (tertiary/aromatic N) is 1. The van der Waals surface area contributed by atoms with Crippen LogP contribution in [0.4, 0.5) is 11.4 Å². The molecule has 1 fully saturated rings. The minimum Gasteiger partial charge on any atom is -0.397 e. The second-order valence-corrected chi connectivity index (χ2v) is 5.42. The monoisotopic (exact) mass is 243 g/mol. The fraction of sp³-hybridized carbons (Fsp3) is 0.533. The molecule has 1 aliphatic carbocycles. The van der Waals surface area contributed by atoms with Crippen molar-refractivity contribution in [1.29, 1.82) is 5.26 Å². The van der Waals surface area contributed by atoms with Crippen LogP contribution in [0.2, 0.25) is 0 Å². The molecule has 2 rings (SSSR count). The van der Waals surface area contributed by atoms with Gasteiger partial charge < -0.3 is 11.1 Å². The molecule has 0 spiro atoms. The molecule has 1 saturated carbocycles. The van der Waals surface area contributed by atoms with Crippen LogP contribution in [0, 0.1) is 23.2 Å². The van der Waals surface area contributed by atoms with E-state index in [1.165, 1.54) is 25.7 Å². The van der Waals surface area contributed by atoms with E-state index in [0.717, 1.165) is 29.8 Å². The summed E-state index contributed by atoms with van der Waals surface area (Å²) in [6.45, 7) is 3.30. The molecule has 1 aromatic rings. The van der Waals surface area contributed by atoms with E-state index in [-0.39, 0.29) is 0 Å². The van der Waals surface area contributed by atoms with Gasteiger partial charge in [0.15, 0.2) is 0 Å². The fourth-order valence-electron chi connectivity index (χ4n) is 2.57. The van der Waals surface area contributed by atoms with Crippen molar-refractivity contribution < 1.29 is 0 Å². The van der Waals surface area contributed by atoms with Crippen LogP contribution in [0.15, 0.2) is 18.2 Å². The number of nitriles is 1. The van der Waals surface area contributed by atoms with Crippen LogP contribution in [-0.2, 0) is 0 Å². The van der Waals surface area contributed by atoms with E-state index in [9.17, 15) is 0 Å². The molecule has 0 unspecified atom stereocenters. The van der Waals surface area contributed by atoms with Gasteiger partial charge in [0, 0.05) is 6.54 Å². The molecule has 1 aromatic carbocycles.